The third-order valence-electron chi connectivity index (χ3n) is 6.35. The van der Waals surface area contributed by atoms with Crippen molar-refractivity contribution in [2.75, 3.05) is 19.6 Å². The number of nitrogens with zero attached hydrogens (tertiary/aromatic N) is 1. The van der Waals surface area contributed by atoms with Crippen molar-refractivity contribution < 1.29 is 0 Å². The van der Waals surface area contributed by atoms with Crippen LogP contribution in [0.2, 0.25) is 0 Å². The van der Waals surface area contributed by atoms with Crippen molar-refractivity contribution in [2.45, 2.75) is 45.4 Å². The molecule has 0 bridgehead atoms. The largest absolute Gasteiger partial charge is 0.303 e. The van der Waals surface area contributed by atoms with Crippen LogP contribution in [-0.2, 0) is 6.42 Å². The molecule has 1 nitrogen and oxygen atoms in total. The lowest BCUT2D eigenvalue weighted by Crippen LogP contribution is -2.38. The van der Waals surface area contributed by atoms with Crippen LogP contribution in [0, 0.1) is 12.8 Å². The Hall–Kier alpha value is -1.31. The van der Waals surface area contributed by atoms with Gasteiger partial charge in [-0.15, -0.1) is 12.4 Å². The van der Waals surface area contributed by atoms with Crippen molar-refractivity contribution in [3.8, 4) is 0 Å². The van der Waals surface area contributed by atoms with Crippen LogP contribution < -0.4 is 0 Å². The van der Waals surface area contributed by atoms with Crippen LogP contribution in [0.4, 0.5) is 0 Å². The first-order valence-corrected chi connectivity index (χ1v) is 9.63. The first-order valence-electron chi connectivity index (χ1n) is 9.63. The zero-order valence-corrected chi connectivity index (χ0v) is 16.5. The number of aryl methyl sites for hydroxylation is 2. The Morgan fingerprint density at radius 3 is 2.44 bits per heavy atom. The summed E-state index contributed by atoms with van der Waals surface area (Å²) >= 11 is 0. The number of piperidine rings is 1. The van der Waals surface area contributed by atoms with Crippen molar-refractivity contribution >= 4 is 12.4 Å². The topological polar surface area (TPSA) is 3.24 Å². The SMILES string of the molecule is CCc1ccc([C@@H]2c3cc(C)ccc3[C@H]3CN(CC)CC[C@@H]23)cc1.Cl. The van der Waals surface area contributed by atoms with Crippen LogP contribution in [0.15, 0.2) is 42.5 Å². The van der Waals surface area contributed by atoms with Crippen LogP contribution in [0.25, 0.3) is 0 Å². The summed E-state index contributed by atoms with van der Waals surface area (Å²) in [5, 5.41) is 0. The molecule has 134 valence electrons. The fourth-order valence-corrected chi connectivity index (χ4v) is 4.97. The monoisotopic (exact) mass is 355 g/mol. The quantitative estimate of drug-likeness (QED) is 0.697. The average Bonchev–Trinajstić information content (AvgIpc) is 2.94. The van der Waals surface area contributed by atoms with Gasteiger partial charge in [-0.1, -0.05) is 61.9 Å². The Balaban J connectivity index is 0.00000182. The number of likely N-dealkylation sites (tertiary alicyclic amines) is 1. The lowest BCUT2D eigenvalue weighted by molar-refractivity contribution is 0.167. The normalized spacial score (nSPS) is 25.2. The Kier molecular flexibility index (Phi) is 5.55. The second kappa shape index (κ2) is 7.51. The molecule has 0 unspecified atom stereocenters. The molecule has 0 spiro atoms. The summed E-state index contributed by atoms with van der Waals surface area (Å²) in [4.78, 5) is 2.63. The molecular formula is C23H30ClN. The van der Waals surface area contributed by atoms with E-state index in [9.17, 15) is 0 Å². The highest BCUT2D eigenvalue weighted by Gasteiger charge is 2.43. The Labute approximate surface area is 158 Å². The smallest absolute Gasteiger partial charge is 0.0127 e. The van der Waals surface area contributed by atoms with Crippen LogP contribution in [-0.4, -0.2) is 24.5 Å². The van der Waals surface area contributed by atoms with Gasteiger partial charge in [0.1, 0.15) is 0 Å². The van der Waals surface area contributed by atoms with E-state index < -0.39 is 0 Å². The molecule has 0 N–H and O–H groups in total. The van der Waals surface area contributed by atoms with E-state index in [0.717, 1.165) is 12.3 Å². The second-order valence-electron chi connectivity index (χ2n) is 7.66. The van der Waals surface area contributed by atoms with Gasteiger partial charge in [-0.25, -0.2) is 0 Å². The zero-order valence-electron chi connectivity index (χ0n) is 15.7. The standard InChI is InChI=1S/C23H29N.ClH/c1-4-17-7-9-18(10-8-17)23-20-12-13-24(5-2)15-22(20)19-11-6-16(3)14-21(19)23;/h6-11,14,20,22-23H,4-5,12-13,15H2,1-3H3;1H/t20-,22-,23+;/m1./s1. The molecule has 3 atom stereocenters. The minimum absolute atomic E-state index is 0. The van der Waals surface area contributed by atoms with Crippen molar-refractivity contribution in [3.05, 3.63) is 70.3 Å². The van der Waals surface area contributed by atoms with Gasteiger partial charge in [-0.05, 0) is 61.0 Å². The maximum absolute atomic E-state index is 2.63. The van der Waals surface area contributed by atoms with Gasteiger partial charge >= 0.3 is 0 Å². The molecule has 0 saturated carbocycles. The van der Waals surface area contributed by atoms with Crippen molar-refractivity contribution in [2.24, 2.45) is 5.92 Å². The minimum atomic E-state index is 0. The Bertz CT molecular complexity index is 721. The van der Waals surface area contributed by atoms with Gasteiger partial charge in [0.05, 0.1) is 0 Å². The molecule has 2 aliphatic rings. The van der Waals surface area contributed by atoms with E-state index in [-0.39, 0.29) is 12.4 Å². The van der Waals surface area contributed by atoms with Gasteiger partial charge in [-0.3, -0.25) is 0 Å². The zero-order chi connectivity index (χ0) is 16.7. The molecule has 1 aliphatic carbocycles. The summed E-state index contributed by atoms with van der Waals surface area (Å²) in [5.41, 5.74) is 7.59. The fourth-order valence-electron chi connectivity index (χ4n) is 4.97. The highest BCUT2D eigenvalue weighted by Crippen LogP contribution is 2.53. The van der Waals surface area contributed by atoms with Gasteiger partial charge < -0.3 is 4.90 Å². The second-order valence-corrected chi connectivity index (χ2v) is 7.66. The molecule has 0 radical (unpaired) electrons. The lowest BCUT2D eigenvalue weighted by Gasteiger charge is -2.37. The summed E-state index contributed by atoms with van der Waals surface area (Å²) in [5.74, 6) is 2.08. The van der Waals surface area contributed by atoms with E-state index in [4.69, 9.17) is 0 Å². The summed E-state index contributed by atoms with van der Waals surface area (Å²) < 4.78 is 0. The van der Waals surface area contributed by atoms with E-state index in [1.165, 1.54) is 42.7 Å². The van der Waals surface area contributed by atoms with Gasteiger partial charge in [0, 0.05) is 18.4 Å². The molecular weight excluding hydrogens is 326 g/mol. The number of fused-ring (bicyclic) bond motifs is 3. The summed E-state index contributed by atoms with van der Waals surface area (Å²) in [6.07, 6.45) is 2.45. The van der Waals surface area contributed by atoms with Gasteiger partial charge in [0.25, 0.3) is 0 Å². The van der Waals surface area contributed by atoms with E-state index in [0.29, 0.717) is 11.8 Å². The Morgan fingerprint density at radius 1 is 1.00 bits per heavy atom. The van der Waals surface area contributed by atoms with E-state index in [2.05, 4.69) is 68.1 Å². The van der Waals surface area contributed by atoms with E-state index >= 15 is 0 Å². The molecule has 2 heteroatoms. The predicted octanol–water partition coefficient (Wildman–Crippen LogP) is 5.55. The molecule has 1 aliphatic heterocycles. The van der Waals surface area contributed by atoms with Gasteiger partial charge in [0.15, 0.2) is 0 Å². The molecule has 1 saturated heterocycles. The van der Waals surface area contributed by atoms with Crippen molar-refractivity contribution in [1.82, 2.24) is 4.90 Å². The first-order chi connectivity index (χ1) is 11.7. The number of likely N-dealkylation sites (N-methyl/N-ethyl adjacent to an activating group) is 1. The predicted molar refractivity (Wildman–Crippen MR) is 109 cm³/mol. The molecule has 0 aromatic heterocycles. The fraction of sp³-hybridized carbons (Fsp3) is 0.478. The van der Waals surface area contributed by atoms with Crippen molar-refractivity contribution in [3.63, 3.8) is 0 Å². The van der Waals surface area contributed by atoms with Crippen LogP contribution in [0.1, 0.15) is 59.9 Å². The van der Waals surface area contributed by atoms with Gasteiger partial charge in [-0.2, -0.15) is 0 Å². The average molecular weight is 356 g/mol. The molecule has 2 aromatic rings. The highest BCUT2D eigenvalue weighted by atomic mass is 35.5. The summed E-state index contributed by atoms with van der Waals surface area (Å²) in [7, 11) is 0. The third kappa shape index (κ3) is 3.25. The van der Waals surface area contributed by atoms with Crippen LogP contribution in [0.5, 0.6) is 0 Å². The molecule has 1 fully saturated rings. The number of benzene rings is 2. The third-order valence-corrected chi connectivity index (χ3v) is 6.35. The maximum Gasteiger partial charge on any atom is 0.0127 e. The lowest BCUT2D eigenvalue weighted by atomic mass is 9.78. The number of halogens is 1. The van der Waals surface area contributed by atoms with Gasteiger partial charge in [0.2, 0.25) is 0 Å². The molecule has 2 aromatic carbocycles. The van der Waals surface area contributed by atoms with Crippen LogP contribution >= 0.6 is 12.4 Å². The number of hydrogen-bond donors (Lipinski definition) is 0. The highest BCUT2D eigenvalue weighted by molar-refractivity contribution is 5.85. The molecule has 25 heavy (non-hydrogen) atoms. The maximum atomic E-state index is 2.63. The van der Waals surface area contributed by atoms with E-state index in [1.54, 1.807) is 11.1 Å². The summed E-state index contributed by atoms with van der Waals surface area (Å²) in [6, 6.07) is 16.6. The molecule has 0 amide bonds. The Morgan fingerprint density at radius 2 is 1.76 bits per heavy atom. The van der Waals surface area contributed by atoms with E-state index in [1.807, 2.05) is 0 Å². The number of hydrogen-bond acceptors (Lipinski definition) is 1. The summed E-state index contributed by atoms with van der Waals surface area (Å²) in [6.45, 7) is 10.4. The van der Waals surface area contributed by atoms with Crippen LogP contribution in [0.3, 0.4) is 0 Å². The molecule has 4 rings (SSSR count). The first kappa shape index (κ1) is 18.5. The number of rotatable bonds is 3. The minimum Gasteiger partial charge on any atom is -0.303 e. The molecule has 1 heterocycles. The van der Waals surface area contributed by atoms with Crippen molar-refractivity contribution in [1.29, 1.82) is 0 Å².